The average molecular weight is 283 g/mol. The first-order valence-electron chi connectivity index (χ1n) is 6.64. The third kappa shape index (κ3) is 3.08. The second kappa shape index (κ2) is 5.75. The van der Waals surface area contributed by atoms with Crippen LogP contribution in [0.15, 0.2) is 48.8 Å². The summed E-state index contributed by atoms with van der Waals surface area (Å²) in [6.07, 6.45) is 1.67. The zero-order chi connectivity index (χ0) is 14.7. The Bertz CT molecular complexity index is 782. The van der Waals surface area contributed by atoms with Gasteiger partial charge in [0.15, 0.2) is 0 Å². The summed E-state index contributed by atoms with van der Waals surface area (Å²) in [7, 11) is 0. The average Bonchev–Trinajstić information content (AvgIpc) is 2.95. The fourth-order valence-corrected chi connectivity index (χ4v) is 2.17. The number of carbonyl (C=O) groups is 1. The van der Waals surface area contributed by atoms with Gasteiger partial charge in [-0.1, -0.05) is 24.3 Å². The van der Waals surface area contributed by atoms with Crippen LogP contribution in [0.4, 0.5) is 4.39 Å². The van der Waals surface area contributed by atoms with Crippen LogP contribution in [0.25, 0.3) is 11.0 Å². The maximum atomic E-state index is 13.5. The van der Waals surface area contributed by atoms with Crippen molar-refractivity contribution in [2.75, 3.05) is 0 Å². The van der Waals surface area contributed by atoms with E-state index in [0.29, 0.717) is 12.1 Å². The van der Waals surface area contributed by atoms with Crippen LogP contribution in [-0.2, 0) is 17.8 Å². The number of nitrogens with one attached hydrogen (secondary N) is 2. The van der Waals surface area contributed by atoms with Gasteiger partial charge in [-0.3, -0.25) is 4.79 Å². The van der Waals surface area contributed by atoms with Crippen LogP contribution in [-0.4, -0.2) is 15.9 Å². The van der Waals surface area contributed by atoms with E-state index in [4.69, 9.17) is 0 Å². The Morgan fingerprint density at radius 2 is 2.10 bits per heavy atom. The summed E-state index contributed by atoms with van der Waals surface area (Å²) in [5.41, 5.74) is 3.18. The molecule has 0 unspecified atom stereocenters. The highest BCUT2D eigenvalue weighted by Gasteiger charge is 2.07. The molecule has 4 nitrogen and oxygen atoms in total. The molecule has 21 heavy (non-hydrogen) atoms. The van der Waals surface area contributed by atoms with Crippen molar-refractivity contribution in [3.8, 4) is 0 Å². The number of hydrogen-bond donors (Lipinski definition) is 2. The van der Waals surface area contributed by atoms with Gasteiger partial charge >= 0.3 is 0 Å². The zero-order valence-corrected chi connectivity index (χ0v) is 11.3. The lowest BCUT2D eigenvalue weighted by Gasteiger charge is -2.06. The van der Waals surface area contributed by atoms with E-state index >= 15 is 0 Å². The van der Waals surface area contributed by atoms with Crippen LogP contribution in [0.2, 0.25) is 0 Å². The van der Waals surface area contributed by atoms with Gasteiger partial charge in [-0.05, 0) is 29.3 Å². The van der Waals surface area contributed by atoms with Crippen molar-refractivity contribution in [3.05, 3.63) is 65.7 Å². The lowest BCUT2D eigenvalue weighted by molar-refractivity contribution is -0.120. The molecule has 0 spiro atoms. The highest BCUT2D eigenvalue weighted by Crippen LogP contribution is 2.11. The Kier molecular flexibility index (Phi) is 3.64. The molecular weight excluding hydrogens is 269 g/mol. The third-order valence-electron chi connectivity index (χ3n) is 3.28. The molecular formula is C16H14FN3O. The predicted molar refractivity (Wildman–Crippen MR) is 78.0 cm³/mol. The Labute approximate surface area is 121 Å². The van der Waals surface area contributed by atoms with Crippen LogP contribution in [0.1, 0.15) is 11.1 Å². The minimum absolute atomic E-state index is 0.0406. The van der Waals surface area contributed by atoms with Crippen molar-refractivity contribution >= 4 is 16.9 Å². The Morgan fingerprint density at radius 1 is 1.24 bits per heavy atom. The molecule has 2 aromatic carbocycles. The molecule has 0 fully saturated rings. The van der Waals surface area contributed by atoms with Gasteiger partial charge in [0.1, 0.15) is 5.82 Å². The first-order chi connectivity index (χ1) is 10.2. The van der Waals surface area contributed by atoms with E-state index in [9.17, 15) is 9.18 Å². The number of H-pyrrole nitrogens is 1. The Hall–Kier alpha value is -2.69. The molecule has 0 aliphatic rings. The van der Waals surface area contributed by atoms with E-state index in [2.05, 4.69) is 15.3 Å². The van der Waals surface area contributed by atoms with Crippen molar-refractivity contribution in [2.45, 2.75) is 13.0 Å². The van der Waals surface area contributed by atoms with Gasteiger partial charge in [0.05, 0.1) is 23.8 Å². The van der Waals surface area contributed by atoms with Crippen LogP contribution in [0, 0.1) is 5.82 Å². The fraction of sp³-hybridized carbons (Fsp3) is 0.125. The molecule has 3 aromatic rings. The number of amides is 1. The number of aromatic nitrogens is 2. The molecule has 106 valence electrons. The molecule has 0 saturated carbocycles. The van der Waals surface area contributed by atoms with E-state index in [1.165, 1.54) is 6.07 Å². The molecule has 0 aliphatic heterocycles. The van der Waals surface area contributed by atoms with Gasteiger partial charge in [0, 0.05) is 6.54 Å². The number of carbonyl (C=O) groups excluding carboxylic acids is 1. The van der Waals surface area contributed by atoms with E-state index in [-0.39, 0.29) is 18.1 Å². The number of hydrogen-bond acceptors (Lipinski definition) is 2. The summed E-state index contributed by atoms with van der Waals surface area (Å²) in [6.45, 7) is 0.405. The molecule has 1 amide bonds. The molecule has 0 radical (unpaired) electrons. The smallest absolute Gasteiger partial charge is 0.224 e. The second-order valence-corrected chi connectivity index (χ2v) is 4.80. The molecule has 0 saturated heterocycles. The Balaban J connectivity index is 1.61. The van der Waals surface area contributed by atoms with Crippen molar-refractivity contribution < 1.29 is 9.18 Å². The SMILES string of the molecule is O=C(Cc1ccccc1F)NCc1ccc2nc[nH]c2c1. The summed E-state index contributed by atoms with van der Waals surface area (Å²) < 4.78 is 13.5. The number of nitrogens with zero attached hydrogens (tertiary/aromatic N) is 1. The number of aromatic amines is 1. The first-order valence-corrected chi connectivity index (χ1v) is 6.64. The maximum absolute atomic E-state index is 13.5. The zero-order valence-electron chi connectivity index (χ0n) is 11.3. The molecule has 0 aliphatic carbocycles. The molecule has 1 aromatic heterocycles. The Morgan fingerprint density at radius 3 is 2.95 bits per heavy atom. The standard InChI is InChI=1S/C16H14FN3O/c17-13-4-2-1-3-12(13)8-16(21)18-9-11-5-6-14-15(7-11)20-10-19-14/h1-7,10H,8-9H2,(H,18,21)(H,19,20). The van der Waals surface area contributed by atoms with Gasteiger partial charge in [-0.2, -0.15) is 0 Å². The summed E-state index contributed by atoms with van der Waals surface area (Å²) >= 11 is 0. The predicted octanol–water partition coefficient (Wildman–Crippen LogP) is 2.56. The highest BCUT2D eigenvalue weighted by molar-refractivity contribution is 5.79. The summed E-state index contributed by atoms with van der Waals surface area (Å²) in [5.74, 6) is -0.559. The van der Waals surface area contributed by atoms with Gasteiger partial charge in [-0.15, -0.1) is 0 Å². The van der Waals surface area contributed by atoms with Crippen LogP contribution in [0.3, 0.4) is 0 Å². The minimum atomic E-state index is -0.355. The second-order valence-electron chi connectivity index (χ2n) is 4.80. The normalized spacial score (nSPS) is 10.7. The first kappa shape index (κ1) is 13.3. The number of fused-ring (bicyclic) bond motifs is 1. The van der Waals surface area contributed by atoms with Crippen molar-refractivity contribution in [1.82, 2.24) is 15.3 Å². The largest absolute Gasteiger partial charge is 0.352 e. The number of benzene rings is 2. The summed E-state index contributed by atoms with van der Waals surface area (Å²) in [5, 5.41) is 2.79. The van der Waals surface area contributed by atoms with Crippen LogP contribution < -0.4 is 5.32 Å². The van der Waals surface area contributed by atoms with Gasteiger partial charge < -0.3 is 10.3 Å². The van der Waals surface area contributed by atoms with Gasteiger partial charge in [-0.25, -0.2) is 9.37 Å². The summed E-state index contributed by atoms with van der Waals surface area (Å²) in [6, 6.07) is 12.0. The molecule has 1 heterocycles. The highest BCUT2D eigenvalue weighted by atomic mass is 19.1. The maximum Gasteiger partial charge on any atom is 0.224 e. The minimum Gasteiger partial charge on any atom is -0.352 e. The van der Waals surface area contributed by atoms with Gasteiger partial charge in [0.2, 0.25) is 5.91 Å². The quantitative estimate of drug-likeness (QED) is 0.773. The monoisotopic (exact) mass is 283 g/mol. The molecule has 3 rings (SSSR count). The third-order valence-corrected chi connectivity index (χ3v) is 3.28. The number of imidazole rings is 1. The molecule has 5 heteroatoms. The molecule has 0 bridgehead atoms. The lowest BCUT2D eigenvalue weighted by Crippen LogP contribution is -2.24. The summed E-state index contributed by atoms with van der Waals surface area (Å²) in [4.78, 5) is 19.0. The molecule has 2 N–H and O–H groups in total. The van der Waals surface area contributed by atoms with Crippen LogP contribution in [0.5, 0.6) is 0 Å². The van der Waals surface area contributed by atoms with Crippen molar-refractivity contribution in [3.63, 3.8) is 0 Å². The van der Waals surface area contributed by atoms with Crippen LogP contribution >= 0.6 is 0 Å². The number of rotatable bonds is 4. The van der Waals surface area contributed by atoms with Crippen molar-refractivity contribution in [2.24, 2.45) is 0 Å². The van der Waals surface area contributed by atoms with E-state index in [0.717, 1.165) is 16.6 Å². The van der Waals surface area contributed by atoms with Crippen molar-refractivity contribution in [1.29, 1.82) is 0 Å². The van der Waals surface area contributed by atoms with E-state index < -0.39 is 0 Å². The van der Waals surface area contributed by atoms with E-state index in [1.807, 2.05) is 18.2 Å². The lowest BCUT2D eigenvalue weighted by atomic mass is 10.1. The molecule has 0 atom stereocenters. The fourth-order valence-electron chi connectivity index (χ4n) is 2.17. The van der Waals surface area contributed by atoms with Gasteiger partial charge in [0.25, 0.3) is 0 Å². The topological polar surface area (TPSA) is 57.8 Å². The van der Waals surface area contributed by atoms with E-state index in [1.54, 1.807) is 24.5 Å². The number of halogens is 1.